The summed E-state index contributed by atoms with van der Waals surface area (Å²) in [6.45, 7) is 1.74. The Kier molecular flexibility index (Phi) is 6.21. The van der Waals surface area contributed by atoms with Crippen molar-refractivity contribution in [1.82, 2.24) is 9.55 Å². The van der Waals surface area contributed by atoms with Crippen molar-refractivity contribution < 1.29 is 4.79 Å². The van der Waals surface area contributed by atoms with Crippen LogP contribution >= 0.6 is 35.0 Å². The number of para-hydroxylation sites is 1. The highest BCUT2D eigenvalue weighted by Crippen LogP contribution is 2.26. The second-order valence-electron chi connectivity index (χ2n) is 5.65. The molecular formula is C19H15Cl2N3O2S. The van der Waals surface area contributed by atoms with Gasteiger partial charge in [-0.15, -0.1) is 0 Å². The van der Waals surface area contributed by atoms with E-state index in [2.05, 4.69) is 10.3 Å². The van der Waals surface area contributed by atoms with Crippen LogP contribution in [0.25, 0.3) is 5.69 Å². The molecule has 1 heterocycles. The third kappa shape index (κ3) is 4.91. The van der Waals surface area contributed by atoms with Gasteiger partial charge in [-0.05, 0) is 37.3 Å². The molecule has 2 aromatic carbocycles. The maximum absolute atomic E-state index is 12.5. The summed E-state index contributed by atoms with van der Waals surface area (Å²) in [5.41, 5.74) is 1.57. The van der Waals surface area contributed by atoms with Gasteiger partial charge in [-0.2, -0.15) is 0 Å². The second kappa shape index (κ2) is 8.61. The van der Waals surface area contributed by atoms with E-state index in [0.29, 0.717) is 32.3 Å². The van der Waals surface area contributed by atoms with Gasteiger partial charge in [-0.3, -0.25) is 14.2 Å². The molecule has 3 rings (SSSR count). The van der Waals surface area contributed by atoms with Crippen LogP contribution in [-0.2, 0) is 4.79 Å². The Labute approximate surface area is 170 Å². The zero-order chi connectivity index (χ0) is 19.4. The second-order valence-corrected chi connectivity index (χ2v) is 7.44. The molecule has 0 fully saturated rings. The number of halogens is 2. The third-order valence-corrected chi connectivity index (χ3v) is 5.05. The number of thioether (sulfide) groups is 1. The largest absolute Gasteiger partial charge is 0.324 e. The Morgan fingerprint density at radius 2 is 1.89 bits per heavy atom. The molecule has 0 saturated carbocycles. The Balaban J connectivity index is 1.79. The number of aromatic nitrogens is 2. The SMILES string of the molecule is Cc1cc(=O)n(-c2ccccc2)c(SCC(=O)Nc2ccc(Cl)cc2Cl)n1. The minimum atomic E-state index is -0.264. The first-order valence-electron chi connectivity index (χ1n) is 7.98. The molecule has 1 aromatic heterocycles. The number of anilines is 1. The van der Waals surface area contributed by atoms with Crippen molar-refractivity contribution in [2.75, 3.05) is 11.1 Å². The van der Waals surface area contributed by atoms with Crippen LogP contribution in [0.3, 0.4) is 0 Å². The van der Waals surface area contributed by atoms with Crippen LogP contribution in [0.1, 0.15) is 5.69 Å². The van der Waals surface area contributed by atoms with Crippen LogP contribution in [0.4, 0.5) is 5.69 Å². The topological polar surface area (TPSA) is 64.0 Å². The van der Waals surface area contributed by atoms with Gasteiger partial charge in [0.15, 0.2) is 5.16 Å². The number of aryl methyl sites for hydroxylation is 1. The number of carbonyl (C=O) groups excluding carboxylic acids is 1. The Bertz CT molecular complexity index is 1040. The minimum absolute atomic E-state index is 0.0711. The average molecular weight is 420 g/mol. The van der Waals surface area contributed by atoms with Crippen molar-refractivity contribution in [3.05, 3.63) is 80.7 Å². The van der Waals surface area contributed by atoms with Crippen molar-refractivity contribution in [3.8, 4) is 5.69 Å². The summed E-state index contributed by atoms with van der Waals surface area (Å²) in [5, 5.41) is 4.02. The molecule has 0 unspecified atom stereocenters. The lowest BCUT2D eigenvalue weighted by atomic mass is 10.3. The molecule has 0 aliphatic rings. The number of nitrogens with zero attached hydrogens (tertiary/aromatic N) is 2. The highest BCUT2D eigenvalue weighted by Gasteiger charge is 2.13. The van der Waals surface area contributed by atoms with Crippen LogP contribution < -0.4 is 10.9 Å². The van der Waals surface area contributed by atoms with Gasteiger partial charge in [-0.25, -0.2) is 4.98 Å². The monoisotopic (exact) mass is 419 g/mol. The average Bonchev–Trinajstić information content (AvgIpc) is 2.62. The lowest BCUT2D eigenvalue weighted by Gasteiger charge is -2.12. The van der Waals surface area contributed by atoms with Gasteiger partial charge in [0.25, 0.3) is 5.56 Å². The van der Waals surface area contributed by atoms with E-state index >= 15 is 0 Å². The molecule has 0 radical (unpaired) electrons. The maximum atomic E-state index is 12.5. The summed E-state index contributed by atoms with van der Waals surface area (Å²) in [6.07, 6.45) is 0. The summed E-state index contributed by atoms with van der Waals surface area (Å²) in [6, 6.07) is 15.5. The molecule has 0 spiro atoms. The number of nitrogens with one attached hydrogen (secondary N) is 1. The molecular weight excluding hydrogens is 405 g/mol. The van der Waals surface area contributed by atoms with Gasteiger partial charge in [0.1, 0.15) is 0 Å². The molecule has 0 bridgehead atoms. The van der Waals surface area contributed by atoms with E-state index in [-0.39, 0.29) is 17.2 Å². The van der Waals surface area contributed by atoms with E-state index in [9.17, 15) is 9.59 Å². The van der Waals surface area contributed by atoms with Gasteiger partial charge < -0.3 is 5.32 Å². The van der Waals surface area contributed by atoms with Crippen molar-refractivity contribution >= 4 is 46.6 Å². The van der Waals surface area contributed by atoms with Crippen LogP contribution in [-0.4, -0.2) is 21.2 Å². The molecule has 1 N–H and O–H groups in total. The van der Waals surface area contributed by atoms with E-state index in [4.69, 9.17) is 23.2 Å². The summed E-state index contributed by atoms with van der Waals surface area (Å²) in [5.74, 6) is -0.193. The molecule has 1 amide bonds. The fourth-order valence-electron chi connectivity index (χ4n) is 2.39. The van der Waals surface area contributed by atoms with E-state index in [1.807, 2.05) is 30.3 Å². The predicted octanol–water partition coefficient (Wildman–Crippen LogP) is 4.58. The first-order valence-corrected chi connectivity index (χ1v) is 9.72. The van der Waals surface area contributed by atoms with Crippen LogP contribution in [0, 0.1) is 6.92 Å². The fraction of sp³-hybridized carbons (Fsp3) is 0.105. The molecule has 5 nitrogen and oxygen atoms in total. The smallest absolute Gasteiger partial charge is 0.258 e. The number of benzene rings is 2. The summed E-state index contributed by atoms with van der Waals surface area (Å²) >= 11 is 13.1. The van der Waals surface area contributed by atoms with Gasteiger partial charge in [-0.1, -0.05) is 53.2 Å². The van der Waals surface area contributed by atoms with Crippen LogP contribution in [0.2, 0.25) is 10.0 Å². The first-order chi connectivity index (χ1) is 12.9. The molecule has 3 aromatic rings. The fourth-order valence-corrected chi connectivity index (χ4v) is 3.71. The third-order valence-electron chi connectivity index (χ3n) is 3.57. The zero-order valence-corrected chi connectivity index (χ0v) is 16.6. The maximum Gasteiger partial charge on any atom is 0.258 e. The summed E-state index contributed by atoms with van der Waals surface area (Å²) in [4.78, 5) is 29.2. The molecule has 0 atom stereocenters. The molecule has 8 heteroatoms. The Morgan fingerprint density at radius 3 is 2.59 bits per heavy atom. The Hall–Kier alpha value is -2.28. The number of amides is 1. The van der Waals surface area contributed by atoms with Crippen molar-refractivity contribution in [1.29, 1.82) is 0 Å². The van der Waals surface area contributed by atoms with Gasteiger partial charge in [0.2, 0.25) is 5.91 Å². The van der Waals surface area contributed by atoms with Gasteiger partial charge >= 0.3 is 0 Å². The van der Waals surface area contributed by atoms with Crippen molar-refractivity contribution in [2.45, 2.75) is 12.1 Å². The zero-order valence-electron chi connectivity index (χ0n) is 14.3. The molecule has 0 aliphatic heterocycles. The van der Waals surface area contributed by atoms with E-state index in [0.717, 1.165) is 0 Å². The molecule has 0 aliphatic carbocycles. The summed E-state index contributed by atoms with van der Waals surface area (Å²) < 4.78 is 1.49. The lowest BCUT2D eigenvalue weighted by Crippen LogP contribution is -2.22. The Morgan fingerprint density at radius 1 is 1.15 bits per heavy atom. The van der Waals surface area contributed by atoms with E-state index < -0.39 is 0 Å². The number of hydrogen-bond donors (Lipinski definition) is 1. The molecule has 0 saturated heterocycles. The predicted molar refractivity (Wildman–Crippen MR) is 110 cm³/mol. The standard InChI is InChI=1S/C19H15Cl2N3O2S/c1-12-9-18(26)24(14-5-3-2-4-6-14)19(22-12)27-11-17(25)23-16-8-7-13(20)10-15(16)21/h2-10H,11H2,1H3,(H,23,25). The lowest BCUT2D eigenvalue weighted by molar-refractivity contribution is -0.113. The number of carbonyl (C=O) groups is 1. The van der Waals surface area contributed by atoms with Crippen molar-refractivity contribution in [2.24, 2.45) is 0 Å². The molecule has 138 valence electrons. The van der Waals surface area contributed by atoms with E-state index in [1.165, 1.54) is 22.4 Å². The minimum Gasteiger partial charge on any atom is -0.324 e. The normalized spacial score (nSPS) is 10.6. The number of rotatable bonds is 5. The van der Waals surface area contributed by atoms with E-state index in [1.54, 1.807) is 25.1 Å². The first kappa shape index (κ1) is 19.5. The van der Waals surface area contributed by atoms with Crippen LogP contribution in [0.5, 0.6) is 0 Å². The number of hydrogen-bond acceptors (Lipinski definition) is 4. The summed E-state index contributed by atoms with van der Waals surface area (Å²) in [7, 11) is 0. The highest BCUT2D eigenvalue weighted by molar-refractivity contribution is 7.99. The van der Waals surface area contributed by atoms with Gasteiger partial charge in [0.05, 0.1) is 22.2 Å². The van der Waals surface area contributed by atoms with Gasteiger partial charge in [0, 0.05) is 16.8 Å². The quantitative estimate of drug-likeness (QED) is 0.485. The van der Waals surface area contributed by atoms with Crippen LogP contribution in [0.15, 0.2) is 64.5 Å². The highest BCUT2D eigenvalue weighted by atomic mass is 35.5. The molecule has 27 heavy (non-hydrogen) atoms. The van der Waals surface area contributed by atoms with Crippen molar-refractivity contribution in [3.63, 3.8) is 0 Å².